The van der Waals surface area contributed by atoms with Crippen molar-refractivity contribution < 1.29 is 4.79 Å². The van der Waals surface area contributed by atoms with E-state index in [9.17, 15) is 4.79 Å². The third-order valence-electron chi connectivity index (χ3n) is 3.20. The Hall–Kier alpha value is -2.25. The van der Waals surface area contributed by atoms with Crippen molar-refractivity contribution in [3.63, 3.8) is 0 Å². The summed E-state index contributed by atoms with van der Waals surface area (Å²) in [5.41, 5.74) is 1.91. The highest BCUT2D eigenvalue weighted by Crippen LogP contribution is 2.28. The van der Waals surface area contributed by atoms with E-state index in [1.165, 1.54) is 11.3 Å². The Labute approximate surface area is 127 Å². The van der Waals surface area contributed by atoms with Crippen LogP contribution in [0.3, 0.4) is 0 Å². The lowest BCUT2D eigenvalue weighted by Gasteiger charge is -2.04. The quantitative estimate of drug-likeness (QED) is 0.615. The molecule has 1 amide bonds. The molecular formula is C14H10N4OS2. The first-order chi connectivity index (χ1) is 10.2. The first-order valence-corrected chi connectivity index (χ1v) is 8.00. The summed E-state index contributed by atoms with van der Waals surface area (Å²) in [5.74, 6) is 0.445. The zero-order valence-electron chi connectivity index (χ0n) is 11.0. The van der Waals surface area contributed by atoms with Gasteiger partial charge in [0.05, 0.1) is 10.4 Å². The number of imidazole rings is 1. The molecule has 0 aromatic carbocycles. The van der Waals surface area contributed by atoms with Crippen LogP contribution in [0.5, 0.6) is 0 Å². The highest BCUT2D eigenvalue weighted by molar-refractivity contribution is 7.21. The van der Waals surface area contributed by atoms with E-state index in [1.807, 2.05) is 41.1 Å². The van der Waals surface area contributed by atoms with E-state index >= 15 is 0 Å². The standard InChI is InChI=1S/C14H10N4OS2/c1-8-3-2-4-15-11(8)16-12(19)10-7-9-13(21-10)17-14-18(9)5-6-20-14/h2-7H,1H3,(H,15,16,19). The first-order valence-electron chi connectivity index (χ1n) is 6.30. The molecule has 0 unspecified atom stereocenters. The number of hydrogen-bond donors (Lipinski definition) is 1. The Kier molecular flexibility index (Phi) is 2.76. The minimum absolute atomic E-state index is 0.149. The number of nitrogens with zero attached hydrogens (tertiary/aromatic N) is 3. The largest absolute Gasteiger partial charge is 0.306 e. The molecule has 4 aromatic rings. The minimum Gasteiger partial charge on any atom is -0.306 e. The first kappa shape index (κ1) is 12.5. The average molecular weight is 314 g/mol. The van der Waals surface area contributed by atoms with Gasteiger partial charge in [-0.15, -0.1) is 22.7 Å². The van der Waals surface area contributed by atoms with Crippen molar-refractivity contribution in [2.45, 2.75) is 6.92 Å². The third-order valence-corrected chi connectivity index (χ3v) is 4.98. The maximum atomic E-state index is 12.3. The summed E-state index contributed by atoms with van der Waals surface area (Å²) in [6.45, 7) is 1.92. The summed E-state index contributed by atoms with van der Waals surface area (Å²) in [5, 5.41) is 4.83. The molecule has 0 saturated carbocycles. The van der Waals surface area contributed by atoms with Crippen LogP contribution in [0.15, 0.2) is 36.0 Å². The van der Waals surface area contributed by atoms with Crippen LogP contribution in [0.4, 0.5) is 5.82 Å². The van der Waals surface area contributed by atoms with Gasteiger partial charge in [0, 0.05) is 17.8 Å². The van der Waals surface area contributed by atoms with Gasteiger partial charge in [-0.2, -0.15) is 0 Å². The summed E-state index contributed by atoms with van der Waals surface area (Å²) < 4.78 is 2.00. The van der Waals surface area contributed by atoms with Crippen LogP contribution in [0, 0.1) is 6.92 Å². The SMILES string of the molecule is Cc1cccnc1NC(=O)c1cc2c(nc3sccn32)s1. The number of nitrogens with one attached hydrogen (secondary N) is 1. The van der Waals surface area contributed by atoms with Crippen LogP contribution >= 0.6 is 22.7 Å². The number of aromatic nitrogens is 3. The molecule has 0 atom stereocenters. The number of carbonyl (C=O) groups excluding carboxylic acids is 1. The number of rotatable bonds is 2. The molecule has 4 rings (SSSR count). The van der Waals surface area contributed by atoms with Crippen molar-refractivity contribution in [1.82, 2.24) is 14.4 Å². The predicted octanol–water partition coefficient (Wildman–Crippen LogP) is 3.57. The van der Waals surface area contributed by atoms with Gasteiger partial charge >= 0.3 is 0 Å². The Balaban J connectivity index is 1.70. The number of aryl methyl sites for hydroxylation is 1. The molecule has 21 heavy (non-hydrogen) atoms. The molecule has 0 aliphatic rings. The van der Waals surface area contributed by atoms with Gasteiger partial charge in [0.1, 0.15) is 10.6 Å². The summed E-state index contributed by atoms with van der Waals surface area (Å²) >= 11 is 2.98. The fourth-order valence-electron chi connectivity index (χ4n) is 2.15. The summed E-state index contributed by atoms with van der Waals surface area (Å²) in [7, 11) is 0. The summed E-state index contributed by atoms with van der Waals surface area (Å²) in [6.07, 6.45) is 3.63. The second-order valence-corrected chi connectivity index (χ2v) is 6.50. The topological polar surface area (TPSA) is 59.3 Å². The summed E-state index contributed by atoms with van der Waals surface area (Å²) in [6, 6.07) is 5.64. The molecule has 0 saturated heterocycles. The highest BCUT2D eigenvalue weighted by Gasteiger charge is 2.15. The number of fused-ring (bicyclic) bond motifs is 3. The number of hydrogen-bond acceptors (Lipinski definition) is 5. The van der Waals surface area contributed by atoms with Crippen LogP contribution in [0.1, 0.15) is 15.2 Å². The number of thiazole rings is 1. The molecule has 0 fully saturated rings. The van der Waals surface area contributed by atoms with Crippen LogP contribution in [0.25, 0.3) is 15.3 Å². The van der Waals surface area contributed by atoms with E-state index in [2.05, 4.69) is 15.3 Å². The van der Waals surface area contributed by atoms with E-state index in [4.69, 9.17) is 0 Å². The van der Waals surface area contributed by atoms with Crippen molar-refractivity contribution in [1.29, 1.82) is 0 Å². The second kappa shape index (κ2) is 4.64. The van der Waals surface area contributed by atoms with Gasteiger partial charge in [0.15, 0.2) is 4.96 Å². The molecular weight excluding hydrogens is 304 g/mol. The van der Waals surface area contributed by atoms with Crippen molar-refractivity contribution in [2.24, 2.45) is 0 Å². The average Bonchev–Trinajstić information content (AvgIpc) is 3.12. The molecule has 4 heterocycles. The minimum atomic E-state index is -0.149. The van der Waals surface area contributed by atoms with Crippen molar-refractivity contribution in [3.8, 4) is 0 Å². The smallest absolute Gasteiger partial charge is 0.267 e. The Morgan fingerprint density at radius 3 is 3.19 bits per heavy atom. The maximum Gasteiger partial charge on any atom is 0.267 e. The zero-order valence-corrected chi connectivity index (χ0v) is 12.7. The Bertz CT molecular complexity index is 966. The predicted molar refractivity (Wildman–Crippen MR) is 85.4 cm³/mol. The van der Waals surface area contributed by atoms with Crippen molar-refractivity contribution in [3.05, 3.63) is 46.4 Å². The van der Waals surface area contributed by atoms with Gasteiger partial charge in [-0.05, 0) is 24.6 Å². The third kappa shape index (κ3) is 2.01. The highest BCUT2D eigenvalue weighted by atomic mass is 32.1. The number of pyridine rings is 1. The van der Waals surface area contributed by atoms with Gasteiger partial charge in [-0.25, -0.2) is 9.97 Å². The molecule has 0 spiro atoms. The number of carbonyl (C=O) groups is 1. The fraction of sp³-hybridized carbons (Fsp3) is 0.0714. The van der Waals surface area contributed by atoms with Gasteiger partial charge < -0.3 is 5.32 Å². The molecule has 5 nitrogen and oxygen atoms in total. The molecule has 4 aromatic heterocycles. The lowest BCUT2D eigenvalue weighted by Crippen LogP contribution is -2.12. The fourth-order valence-corrected chi connectivity index (χ4v) is 3.84. The van der Waals surface area contributed by atoms with E-state index in [0.717, 1.165) is 20.9 Å². The Morgan fingerprint density at radius 1 is 1.43 bits per heavy atom. The van der Waals surface area contributed by atoms with E-state index in [-0.39, 0.29) is 5.91 Å². The molecule has 0 bridgehead atoms. The number of anilines is 1. The molecule has 7 heteroatoms. The normalized spacial score (nSPS) is 11.3. The second-order valence-electron chi connectivity index (χ2n) is 4.59. The maximum absolute atomic E-state index is 12.3. The molecule has 104 valence electrons. The molecule has 0 radical (unpaired) electrons. The van der Waals surface area contributed by atoms with Gasteiger partial charge in [-0.3, -0.25) is 9.20 Å². The van der Waals surface area contributed by atoms with Gasteiger partial charge in [0.2, 0.25) is 0 Å². The van der Waals surface area contributed by atoms with Crippen molar-refractivity contribution in [2.75, 3.05) is 5.32 Å². The zero-order chi connectivity index (χ0) is 14.4. The molecule has 0 aliphatic carbocycles. The van der Waals surface area contributed by atoms with Crippen LogP contribution in [0.2, 0.25) is 0 Å². The Morgan fingerprint density at radius 2 is 2.33 bits per heavy atom. The van der Waals surface area contributed by atoms with Crippen molar-refractivity contribution >= 4 is 49.7 Å². The van der Waals surface area contributed by atoms with Gasteiger partial charge in [-0.1, -0.05) is 6.07 Å². The van der Waals surface area contributed by atoms with Crippen LogP contribution in [-0.4, -0.2) is 20.3 Å². The monoisotopic (exact) mass is 314 g/mol. The lowest BCUT2D eigenvalue weighted by molar-refractivity contribution is 0.103. The van der Waals surface area contributed by atoms with E-state index in [0.29, 0.717) is 10.7 Å². The number of amides is 1. The number of thiophene rings is 1. The van der Waals surface area contributed by atoms with Gasteiger partial charge in [0.25, 0.3) is 5.91 Å². The molecule has 1 N–H and O–H groups in total. The molecule has 0 aliphatic heterocycles. The van der Waals surface area contributed by atoms with Crippen LogP contribution in [-0.2, 0) is 0 Å². The summed E-state index contributed by atoms with van der Waals surface area (Å²) in [4.78, 5) is 23.5. The van der Waals surface area contributed by atoms with Crippen LogP contribution < -0.4 is 5.32 Å². The lowest BCUT2D eigenvalue weighted by atomic mass is 10.3. The van der Waals surface area contributed by atoms with E-state index in [1.54, 1.807) is 17.5 Å². The van der Waals surface area contributed by atoms with E-state index < -0.39 is 0 Å².